The highest BCUT2D eigenvalue weighted by molar-refractivity contribution is 14.1. The first-order valence-electron chi connectivity index (χ1n) is 15.5. The number of methoxy groups -OCH3 is 4. The maximum absolute atomic E-state index is 12.1. The molecule has 2 aliphatic heterocycles. The number of rotatable bonds is 8. The Morgan fingerprint density at radius 2 is 1.15 bits per heavy atom. The van der Waals surface area contributed by atoms with Crippen molar-refractivity contribution >= 4 is 46.4 Å². The summed E-state index contributed by atoms with van der Waals surface area (Å²) in [5.74, 6) is 1.68. The van der Waals surface area contributed by atoms with Crippen LogP contribution < -0.4 is 9.80 Å². The number of aromatic nitrogens is 4. The lowest BCUT2D eigenvalue weighted by molar-refractivity contribution is -0.109. The highest BCUT2D eigenvalue weighted by atomic mass is 127. The quantitative estimate of drug-likeness (QED) is 0.292. The van der Waals surface area contributed by atoms with E-state index in [9.17, 15) is 9.59 Å². The predicted octanol–water partition coefficient (Wildman–Crippen LogP) is 4.12. The van der Waals surface area contributed by atoms with E-state index in [0.717, 1.165) is 26.6 Å². The molecule has 2 N–H and O–H groups in total. The fraction of sp³-hybridized carbons (Fsp3) is 0.733. The number of ether oxygens (including phenoxy) is 6. The largest absolute Gasteiger partial charge is 0.444 e. The molecule has 17 heteroatoms. The van der Waals surface area contributed by atoms with Crippen LogP contribution in [0.15, 0.2) is 6.07 Å². The standard InChI is InChI=1S/C15H25IN4O4.C15H26N4O4/c1-15(2,3)24-14(21)20-8-6-19(7-9-20)12-10(16)11(17-18-12)13(22-4)23-5;1-15(2,3)23-14(20)19-8-6-18(7-9-19)12-10-11(16-17-12)13(21-4)22-5/h13H,6-9H2,1-5H3,(H,17,18);10,13H,6-9H2,1-5H3,(H,16,17). The third kappa shape index (κ3) is 11.1. The number of H-pyrrole nitrogens is 2. The number of nitrogens with zero attached hydrogens (tertiary/aromatic N) is 6. The molecule has 0 spiro atoms. The minimum Gasteiger partial charge on any atom is -0.444 e. The third-order valence-corrected chi connectivity index (χ3v) is 8.19. The summed E-state index contributed by atoms with van der Waals surface area (Å²) in [6.45, 7) is 16.4. The zero-order valence-corrected chi connectivity index (χ0v) is 31.4. The number of piperazine rings is 2. The Bertz CT molecular complexity index is 1270. The van der Waals surface area contributed by atoms with Crippen molar-refractivity contribution in [3.63, 3.8) is 0 Å². The first-order chi connectivity index (χ1) is 22.1. The van der Waals surface area contributed by atoms with Gasteiger partial charge >= 0.3 is 12.2 Å². The highest BCUT2D eigenvalue weighted by Crippen LogP contribution is 2.29. The van der Waals surface area contributed by atoms with E-state index in [1.54, 1.807) is 38.2 Å². The number of hydrogen-bond acceptors (Lipinski definition) is 12. The minimum atomic E-state index is -0.476. The highest BCUT2D eigenvalue weighted by Gasteiger charge is 2.30. The van der Waals surface area contributed by atoms with Crippen molar-refractivity contribution in [1.29, 1.82) is 0 Å². The SMILES string of the molecule is COC(OC)c1[nH]nc(N2CCN(C(=O)OC(C)(C)C)CC2)c1I.COC(OC)c1cc(N2CCN(C(=O)OC(C)(C)C)CC2)n[nH]1. The molecular weight excluding hydrogens is 727 g/mol. The number of hydrogen-bond donors (Lipinski definition) is 2. The fourth-order valence-electron chi connectivity index (χ4n) is 4.86. The van der Waals surface area contributed by atoms with E-state index >= 15 is 0 Å². The van der Waals surface area contributed by atoms with Crippen LogP contribution >= 0.6 is 22.6 Å². The molecule has 2 saturated heterocycles. The molecular formula is C30H51IN8O8. The van der Waals surface area contributed by atoms with Gasteiger partial charge in [0.1, 0.15) is 16.9 Å². The van der Waals surface area contributed by atoms with Gasteiger partial charge in [-0.05, 0) is 64.1 Å². The van der Waals surface area contributed by atoms with E-state index in [4.69, 9.17) is 28.4 Å². The summed E-state index contributed by atoms with van der Waals surface area (Å²) in [4.78, 5) is 31.9. The van der Waals surface area contributed by atoms with Crippen molar-refractivity contribution in [2.24, 2.45) is 0 Å². The van der Waals surface area contributed by atoms with Crippen molar-refractivity contribution in [1.82, 2.24) is 30.2 Å². The van der Waals surface area contributed by atoms with E-state index in [0.29, 0.717) is 52.4 Å². The molecule has 0 bridgehead atoms. The molecule has 2 aromatic heterocycles. The maximum atomic E-state index is 12.1. The van der Waals surface area contributed by atoms with Gasteiger partial charge < -0.3 is 48.0 Å². The average Bonchev–Trinajstić information content (AvgIpc) is 3.65. The summed E-state index contributed by atoms with van der Waals surface area (Å²) < 4.78 is 32.7. The van der Waals surface area contributed by atoms with E-state index in [1.165, 1.54) is 0 Å². The molecule has 2 fully saturated rings. The molecule has 2 aliphatic rings. The molecule has 0 atom stereocenters. The Hall–Kier alpha value is -2.87. The first-order valence-corrected chi connectivity index (χ1v) is 16.5. The van der Waals surface area contributed by atoms with Gasteiger partial charge in [0.15, 0.2) is 17.9 Å². The maximum Gasteiger partial charge on any atom is 0.410 e. The molecule has 4 heterocycles. The normalized spacial score (nSPS) is 16.0. The third-order valence-electron chi connectivity index (χ3n) is 7.13. The van der Waals surface area contributed by atoms with Crippen LogP contribution in [0.5, 0.6) is 0 Å². The van der Waals surface area contributed by atoms with Gasteiger partial charge in [-0.3, -0.25) is 10.2 Å². The van der Waals surface area contributed by atoms with Crippen molar-refractivity contribution in [2.45, 2.75) is 65.3 Å². The summed E-state index contributed by atoms with van der Waals surface area (Å²) in [5, 5.41) is 14.6. The molecule has 4 rings (SSSR count). The van der Waals surface area contributed by atoms with Crippen LogP contribution in [-0.2, 0) is 28.4 Å². The molecule has 47 heavy (non-hydrogen) atoms. The summed E-state index contributed by atoms with van der Waals surface area (Å²) in [6, 6.07) is 1.90. The van der Waals surface area contributed by atoms with Gasteiger partial charge in [-0.15, -0.1) is 0 Å². The van der Waals surface area contributed by atoms with E-state index in [2.05, 4.69) is 52.8 Å². The number of amides is 2. The van der Waals surface area contributed by atoms with Crippen molar-refractivity contribution in [3.8, 4) is 0 Å². The van der Waals surface area contributed by atoms with Crippen LogP contribution in [0.4, 0.5) is 21.2 Å². The molecule has 266 valence electrons. The average molecular weight is 779 g/mol. The lowest BCUT2D eigenvalue weighted by Gasteiger charge is -2.35. The van der Waals surface area contributed by atoms with Crippen LogP contribution in [0, 0.1) is 3.57 Å². The number of nitrogens with one attached hydrogen (secondary N) is 2. The van der Waals surface area contributed by atoms with Crippen LogP contribution in [0.3, 0.4) is 0 Å². The second-order valence-corrected chi connectivity index (χ2v) is 14.1. The smallest absolute Gasteiger partial charge is 0.410 e. The Morgan fingerprint density at radius 3 is 1.57 bits per heavy atom. The second kappa shape index (κ2) is 17.0. The van der Waals surface area contributed by atoms with Gasteiger partial charge in [0.25, 0.3) is 0 Å². The minimum absolute atomic E-state index is 0.265. The topological polar surface area (TPSA) is 160 Å². The Labute approximate surface area is 290 Å². The van der Waals surface area contributed by atoms with E-state index in [-0.39, 0.29) is 12.2 Å². The molecule has 2 amide bonds. The fourth-order valence-corrected chi connectivity index (χ4v) is 5.70. The number of carbonyl (C=O) groups excluding carboxylic acids is 2. The van der Waals surface area contributed by atoms with Crippen LogP contribution in [0.2, 0.25) is 0 Å². The Morgan fingerprint density at radius 1 is 0.702 bits per heavy atom. The monoisotopic (exact) mass is 778 g/mol. The molecule has 16 nitrogen and oxygen atoms in total. The molecule has 0 unspecified atom stereocenters. The zero-order valence-electron chi connectivity index (χ0n) is 29.2. The summed E-state index contributed by atoms with van der Waals surface area (Å²) in [6.07, 6.45) is -1.46. The first kappa shape index (κ1) is 38.6. The van der Waals surface area contributed by atoms with Gasteiger partial charge in [-0.1, -0.05) is 0 Å². The molecule has 0 radical (unpaired) electrons. The van der Waals surface area contributed by atoms with Gasteiger partial charge in [-0.25, -0.2) is 9.59 Å². The number of halogens is 1. The zero-order chi connectivity index (χ0) is 34.9. The van der Waals surface area contributed by atoms with Gasteiger partial charge in [0.05, 0.1) is 9.26 Å². The molecule has 2 aromatic rings. The summed E-state index contributed by atoms with van der Waals surface area (Å²) in [5.41, 5.74) is 0.612. The number of carbonyl (C=O) groups is 2. The Balaban J connectivity index is 0.000000256. The van der Waals surface area contributed by atoms with Crippen LogP contribution in [0.1, 0.15) is 65.5 Å². The molecule has 0 aromatic carbocycles. The summed E-state index contributed by atoms with van der Waals surface area (Å²) >= 11 is 2.24. The number of aromatic amines is 2. The van der Waals surface area contributed by atoms with Crippen molar-refractivity contribution < 1.29 is 38.0 Å². The van der Waals surface area contributed by atoms with Gasteiger partial charge in [0.2, 0.25) is 6.29 Å². The van der Waals surface area contributed by atoms with Crippen molar-refractivity contribution in [3.05, 3.63) is 21.0 Å². The van der Waals surface area contributed by atoms with Crippen LogP contribution in [0.25, 0.3) is 0 Å². The second-order valence-electron chi connectivity index (χ2n) is 13.0. The van der Waals surface area contributed by atoms with Crippen molar-refractivity contribution in [2.75, 3.05) is 90.6 Å². The Kier molecular flexibility index (Phi) is 13.9. The van der Waals surface area contributed by atoms with E-state index in [1.807, 2.05) is 47.6 Å². The van der Waals surface area contributed by atoms with E-state index < -0.39 is 23.8 Å². The van der Waals surface area contributed by atoms with Gasteiger partial charge in [0, 0.05) is 86.9 Å². The van der Waals surface area contributed by atoms with Crippen LogP contribution in [-0.4, -0.2) is 134 Å². The lowest BCUT2D eigenvalue weighted by Crippen LogP contribution is -2.50. The summed E-state index contributed by atoms with van der Waals surface area (Å²) in [7, 11) is 6.33. The number of anilines is 2. The lowest BCUT2D eigenvalue weighted by atomic mass is 10.2. The predicted molar refractivity (Wildman–Crippen MR) is 183 cm³/mol. The van der Waals surface area contributed by atoms with Gasteiger partial charge in [-0.2, -0.15) is 10.2 Å². The molecule has 0 aliphatic carbocycles. The molecule has 0 saturated carbocycles.